The van der Waals surface area contributed by atoms with Crippen molar-refractivity contribution >= 4 is 11.8 Å². The molecule has 30 heavy (non-hydrogen) atoms. The maximum atomic E-state index is 13.2. The molecule has 0 atom stereocenters. The Bertz CT molecular complexity index is 962. The zero-order chi connectivity index (χ0) is 22.4. The molecular weight excluding hydrogens is 382 g/mol. The highest BCUT2D eigenvalue weighted by molar-refractivity contribution is 5.96. The van der Waals surface area contributed by atoms with Crippen molar-refractivity contribution in [2.24, 2.45) is 0 Å². The third-order valence-electron chi connectivity index (χ3n) is 4.73. The van der Waals surface area contributed by atoms with Gasteiger partial charge >= 0.3 is 0 Å². The molecule has 2 amide bonds. The highest BCUT2D eigenvalue weighted by Gasteiger charge is 2.21. The topological polar surface area (TPSA) is 80.6 Å². The van der Waals surface area contributed by atoms with E-state index >= 15 is 0 Å². The Labute approximate surface area is 177 Å². The van der Waals surface area contributed by atoms with Crippen LogP contribution in [-0.4, -0.2) is 41.0 Å². The van der Waals surface area contributed by atoms with Gasteiger partial charge in [0.05, 0.1) is 12.2 Å². The van der Waals surface area contributed by atoms with E-state index in [1.165, 1.54) is 10.6 Å². The van der Waals surface area contributed by atoms with E-state index in [1.807, 2.05) is 45.0 Å². The lowest BCUT2D eigenvalue weighted by atomic mass is 10.1. The van der Waals surface area contributed by atoms with Gasteiger partial charge in [-0.05, 0) is 57.9 Å². The molecule has 0 saturated carbocycles. The summed E-state index contributed by atoms with van der Waals surface area (Å²) < 4.78 is 6.80. The van der Waals surface area contributed by atoms with Crippen LogP contribution >= 0.6 is 0 Å². The van der Waals surface area contributed by atoms with Gasteiger partial charge in [0.25, 0.3) is 11.5 Å². The first kappa shape index (κ1) is 23.2. The number of nitrogens with one attached hydrogen (secondary N) is 1. The minimum Gasteiger partial charge on any atom is -0.494 e. The van der Waals surface area contributed by atoms with E-state index in [0.29, 0.717) is 30.0 Å². The van der Waals surface area contributed by atoms with Gasteiger partial charge in [0.2, 0.25) is 5.91 Å². The average molecular weight is 414 g/mol. The Balaban J connectivity index is 2.26. The molecule has 0 radical (unpaired) electrons. The number of hydrogen-bond donors (Lipinski definition) is 1. The van der Waals surface area contributed by atoms with Crippen LogP contribution < -0.4 is 15.6 Å². The van der Waals surface area contributed by atoms with Crippen LogP contribution in [0.25, 0.3) is 0 Å². The molecule has 0 bridgehead atoms. The van der Waals surface area contributed by atoms with E-state index in [1.54, 1.807) is 25.8 Å². The lowest BCUT2D eigenvalue weighted by molar-refractivity contribution is -0.122. The van der Waals surface area contributed by atoms with Gasteiger partial charge in [-0.25, -0.2) is 0 Å². The summed E-state index contributed by atoms with van der Waals surface area (Å²) in [7, 11) is 1.72. The second kappa shape index (κ2) is 10.1. The number of nitrogens with zero attached hydrogens (tertiary/aromatic N) is 2. The first-order chi connectivity index (χ1) is 14.1. The molecule has 0 unspecified atom stereocenters. The van der Waals surface area contributed by atoms with Crippen LogP contribution in [0.2, 0.25) is 0 Å². The number of rotatable bonds is 8. The van der Waals surface area contributed by atoms with Crippen molar-refractivity contribution in [2.45, 2.75) is 53.8 Å². The number of ether oxygens (including phenoxy) is 1. The molecule has 1 N–H and O–H groups in total. The fraction of sp³-hybridized carbons (Fsp3) is 0.435. The largest absolute Gasteiger partial charge is 0.494 e. The molecule has 0 aliphatic carbocycles. The number of hydrogen-bond acceptors (Lipinski definition) is 4. The number of pyridine rings is 1. The lowest BCUT2D eigenvalue weighted by Gasteiger charge is -2.22. The summed E-state index contributed by atoms with van der Waals surface area (Å²) in [6.07, 6.45) is 0. The van der Waals surface area contributed by atoms with Crippen LogP contribution in [-0.2, 0) is 17.9 Å². The van der Waals surface area contributed by atoms with Crippen molar-refractivity contribution < 1.29 is 14.3 Å². The van der Waals surface area contributed by atoms with E-state index < -0.39 is 0 Å². The SMILES string of the molecule is CCOc1ccc(CN(C)C(=O)c2c(C)cc(=O)n(CC(=O)NC(C)C)c2C)cc1. The van der Waals surface area contributed by atoms with Gasteiger partial charge in [-0.2, -0.15) is 0 Å². The van der Waals surface area contributed by atoms with Crippen molar-refractivity contribution in [1.29, 1.82) is 0 Å². The fourth-order valence-electron chi connectivity index (χ4n) is 3.35. The summed E-state index contributed by atoms with van der Waals surface area (Å²) in [6.45, 7) is 9.97. The van der Waals surface area contributed by atoms with E-state index in [-0.39, 0.29) is 30.0 Å². The summed E-state index contributed by atoms with van der Waals surface area (Å²) in [5.74, 6) is 0.325. The summed E-state index contributed by atoms with van der Waals surface area (Å²) in [5, 5.41) is 2.77. The Morgan fingerprint density at radius 1 is 1.17 bits per heavy atom. The van der Waals surface area contributed by atoms with Crippen LogP contribution in [0.3, 0.4) is 0 Å². The normalized spacial score (nSPS) is 10.8. The van der Waals surface area contributed by atoms with Crippen LogP contribution in [0.4, 0.5) is 0 Å². The van der Waals surface area contributed by atoms with Gasteiger partial charge in [0.15, 0.2) is 0 Å². The monoisotopic (exact) mass is 413 g/mol. The molecule has 0 fully saturated rings. The maximum absolute atomic E-state index is 13.2. The van der Waals surface area contributed by atoms with Gasteiger partial charge in [-0.15, -0.1) is 0 Å². The predicted molar refractivity (Wildman–Crippen MR) is 117 cm³/mol. The summed E-state index contributed by atoms with van der Waals surface area (Å²) in [5.41, 5.74) is 2.20. The van der Waals surface area contributed by atoms with Crippen LogP contribution in [0.5, 0.6) is 5.75 Å². The van der Waals surface area contributed by atoms with E-state index in [0.717, 1.165) is 11.3 Å². The third-order valence-corrected chi connectivity index (χ3v) is 4.73. The Kier molecular flexibility index (Phi) is 7.80. The highest BCUT2D eigenvalue weighted by atomic mass is 16.5. The molecule has 1 heterocycles. The minimum absolute atomic E-state index is 0.0275. The van der Waals surface area contributed by atoms with Crippen LogP contribution in [0, 0.1) is 13.8 Å². The molecule has 1 aromatic heterocycles. The van der Waals surface area contributed by atoms with Crippen LogP contribution in [0.1, 0.15) is 48.0 Å². The Morgan fingerprint density at radius 2 is 1.80 bits per heavy atom. The molecule has 7 nitrogen and oxygen atoms in total. The Hall–Kier alpha value is -3.09. The number of aryl methyl sites for hydroxylation is 1. The number of carbonyl (C=O) groups excluding carboxylic acids is 2. The fourth-order valence-corrected chi connectivity index (χ4v) is 3.35. The van der Waals surface area contributed by atoms with Crippen molar-refractivity contribution in [3.8, 4) is 5.75 Å². The minimum atomic E-state index is -0.297. The molecule has 0 aliphatic rings. The van der Waals surface area contributed by atoms with Crippen molar-refractivity contribution in [1.82, 2.24) is 14.8 Å². The summed E-state index contributed by atoms with van der Waals surface area (Å²) in [6, 6.07) is 8.98. The number of carbonyl (C=O) groups is 2. The third kappa shape index (κ3) is 5.72. The molecule has 2 rings (SSSR count). The van der Waals surface area contributed by atoms with E-state index in [4.69, 9.17) is 4.74 Å². The van der Waals surface area contributed by atoms with Crippen LogP contribution in [0.15, 0.2) is 35.1 Å². The summed E-state index contributed by atoms with van der Waals surface area (Å²) >= 11 is 0. The molecule has 0 saturated heterocycles. The first-order valence-electron chi connectivity index (χ1n) is 10.1. The lowest BCUT2D eigenvalue weighted by Crippen LogP contribution is -2.38. The first-order valence-corrected chi connectivity index (χ1v) is 10.1. The van der Waals surface area contributed by atoms with Gasteiger partial charge < -0.3 is 19.5 Å². The highest BCUT2D eigenvalue weighted by Crippen LogP contribution is 2.17. The zero-order valence-electron chi connectivity index (χ0n) is 18.6. The zero-order valence-corrected chi connectivity index (χ0v) is 18.6. The number of benzene rings is 1. The average Bonchev–Trinajstić information content (AvgIpc) is 2.66. The van der Waals surface area contributed by atoms with Crippen molar-refractivity contribution in [2.75, 3.05) is 13.7 Å². The maximum Gasteiger partial charge on any atom is 0.255 e. The van der Waals surface area contributed by atoms with Crippen molar-refractivity contribution in [3.05, 3.63) is 63.1 Å². The summed E-state index contributed by atoms with van der Waals surface area (Å²) in [4.78, 5) is 39.4. The quantitative estimate of drug-likeness (QED) is 0.722. The second-order valence-corrected chi connectivity index (χ2v) is 7.67. The standard InChI is InChI=1S/C23H31N3O4/c1-7-30-19-10-8-18(9-11-19)13-25(6)23(29)22-16(4)12-21(28)26(17(22)5)14-20(27)24-15(2)3/h8-12,15H,7,13-14H2,1-6H3,(H,24,27). The smallest absolute Gasteiger partial charge is 0.255 e. The second-order valence-electron chi connectivity index (χ2n) is 7.67. The molecule has 0 spiro atoms. The molecule has 0 aliphatic heterocycles. The molecule has 7 heteroatoms. The van der Waals surface area contributed by atoms with Gasteiger partial charge in [-0.1, -0.05) is 12.1 Å². The van der Waals surface area contributed by atoms with Crippen molar-refractivity contribution in [3.63, 3.8) is 0 Å². The van der Waals surface area contributed by atoms with Gasteiger partial charge in [-0.3, -0.25) is 14.4 Å². The molecule has 1 aromatic carbocycles. The predicted octanol–water partition coefficient (Wildman–Crippen LogP) is 2.66. The van der Waals surface area contributed by atoms with E-state index in [2.05, 4.69) is 5.32 Å². The molecule has 162 valence electrons. The van der Waals surface area contributed by atoms with E-state index in [9.17, 15) is 14.4 Å². The number of amides is 2. The Morgan fingerprint density at radius 3 is 2.37 bits per heavy atom. The van der Waals surface area contributed by atoms with Gasteiger partial charge in [0.1, 0.15) is 12.3 Å². The van der Waals surface area contributed by atoms with Gasteiger partial charge in [0, 0.05) is 31.4 Å². The number of aromatic nitrogens is 1. The molecular formula is C23H31N3O4. The molecule has 2 aromatic rings.